The number of amides is 4. The molecule has 0 spiro atoms. The van der Waals surface area contributed by atoms with Crippen molar-refractivity contribution in [1.82, 2.24) is 5.32 Å². The van der Waals surface area contributed by atoms with Gasteiger partial charge in [-0.3, -0.25) is 14.9 Å². The van der Waals surface area contributed by atoms with E-state index in [0.29, 0.717) is 22.8 Å². The average molecular weight is 502 g/mol. The summed E-state index contributed by atoms with van der Waals surface area (Å²) in [6, 6.07) is 16.5. The van der Waals surface area contributed by atoms with Crippen molar-refractivity contribution in [3.8, 4) is 17.2 Å². The van der Waals surface area contributed by atoms with Gasteiger partial charge in [0, 0.05) is 0 Å². The molecule has 1 saturated heterocycles. The minimum Gasteiger partial charge on any atom is -0.497 e. The van der Waals surface area contributed by atoms with Crippen molar-refractivity contribution in [3.63, 3.8) is 0 Å². The lowest BCUT2D eigenvalue weighted by Crippen LogP contribution is -2.54. The summed E-state index contributed by atoms with van der Waals surface area (Å²) in [7, 11) is 2.94. The second-order valence-corrected chi connectivity index (χ2v) is 7.86. The first-order valence-electron chi connectivity index (χ1n) is 11.0. The van der Waals surface area contributed by atoms with Crippen molar-refractivity contribution in [2.24, 2.45) is 0 Å². The van der Waals surface area contributed by atoms with Gasteiger partial charge in [0.05, 0.1) is 25.5 Å². The topological polar surface area (TPSA) is 131 Å². The van der Waals surface area contributed by atoms with Crippen LogP contribution in [0, 0.1) is 0 Å². The molecule has 0 atom stereocenters. The Hall–Kier alpha value is -5.12. The van der Waals surface area contributed by atoms with Crippen molar-refractivity contribution in [2.75, 3.05) is 19.1 Å². The van der Waals surface area contributed by atoms with Crippen molar-refractivity contribution >= 4 is 35.6 Å². The third-order valence-electron chi connectivity index (χ3n) is 5.53. The third-order valence-corrected chi connectivity index (χ3v) is 5.53. The molecule has 4 rings (SSSR count). The smallest absolute Gasteiger partial charge is 0.335 e. The summed E-state index contributed by atoms with van der Waals surface area (Å²) in [5.74, 6) is -1.30. The highest BCUT2D eigenvalue weighted by atomic mass is 16.5. The molecule has 0 aliphatic carbocycles. The lowest BCUT2D eigenvalue weighted by atomic mass is 10.1. The molecule has 188 valence electrons. The van der Waals surface area contributed by atoms with E-state index in [1.165, 1.54) is 44.6 Å². The number of hydrogen-bond donors (Lipinski definition) is 2. The normalized spacial score (nSPS) is 14.4. The number of imide groups is 2. The second kappa shape index (κ2) is 10.6. The van der Waals surface area contributed by atoms with Crippen molar-refractivity contribution < 1.29 is 38.5 Å². The highest BCUT2D eigenvalue weighted by Gasteiger charge is 2.36. The van der Waals surface area contributed by atoms with Gasteiger partial charge in [-0.1, -0.05) is 18.2 Å². The predicted molar refractivity (Wildman–Crippen MR) is 133 cm³/mol. The molecule has 0 aromatic heterocycles. The third kappa shape index (κ3) is 5.43. The van der Waals surface area contributed by atoms with Gasteiger partial charge in [-0.05, 0) is 65.7 Å². The Kier molecular flexibility index (Phi) is 7.19. The summed E-state index contributed by atoms with van der Waals surface area (Å²) >= 11 is 0. The Morgan fingerprint density at radius 1 is 0.919 bits per heavy atom. The summed E-state index contributed by atoms with van der Waals surface area (Å²) in [5, 5.41) is 11.2. The van der Waals surface area contributed by atoms with Crippen LogP contribution in [0.5, 0.6) is 17.2 Å². The molecule has 4 amide bonds. The van der Waals surface area contributed by atoms with E-state index in [1.807, 2.05) is 0 Å². The van der Waals surface area contributed by atoms with E-state index in [9.17, 15) is 19.2 Å². The van der Waals surface area contributed by atoms with Gasteiger partial charge in [0.15, 0.2) is 11.5 Å². The van der Waals surface area contributed by atoms with Gasteiger partial charge in [0.25, 0.3) is 11.8 Å². The number of nitrogens with one attached hydrogen (secondary N) is 1. The Morgan fingerprint density at radius 2 is 1.62 bits per heavy atom. The largest absolute Gasteiger partial charge is 0.497 e. The summed E-state index contributed by atoms with van der Waals surface area (Å²) in [6.07, 6.45) is 1.36. The first kappa shape index (κ1) is 25.0. The van der Waals surface area contributed by atoms with Crippen LogP contribution in [-0.2, 0) is 16.2 Å². The molecule has 2 N–H and O–H groups in total. The van der Waals surface area contributed by atoms with Gasteiger partial charge < -0.3 is 19.3 Å². The number of benzene rings is 3. The highest BCUT2D eigenvalue weighted by molar-refractivity contribution is 6.39. The number of carboxylic acids is 1. The quantitative estimate of drug-likeness (QED) is 0.353. The summed E-state index contributed by atoms with van der Waals surface area (Å²) in [5.41, 5.74) is 1.44. The number of carbonyl (C=O) groups excluding carboxylic acids is 3. The number of rotatable bonds is 8. The molecule has 0 bridgehead atoms. The van der Waals surface area contributed by atoms with Crippen molar-refractivity contribution in [3.05, 3.63) is 89.0 Å². The van der Waals surface area contributed by atoms with Gasteiger partial charge in [-0.25, -0.2) is 14.5 Å². The Morgan fingerprint density at radius 3 is 2.24 bits per heavy atom. The van der Waals surface area contributed by atoms with Crippen molar-refractivity contribution in [2.45, 2.75) is 6.61 Å². The average Bonchev–Trinajstić information content (AvgIpc) is 2.90. The number of urea groups is 1. The molecule has 3 aromatic carbocycles. The molecule has 0 saturated carbocycles. The fourth-order valence-corrected chi connectivity index (χ4v) is 3.59. The molecular weight excluding hydrogens is 480 g/mol. The number of ether oxygens (including phenoxy) is 3. The zero-order valence-corrected chi connectivity index (χ0v) is 19.9. The van der Waals surface area contributed by atoms with Crippen LogP contribution >= 0.6 is 0 Å². The van der Waals surface area contributed by atoms with Gasteiger partial charge in [0.1, 0.15) is 17.9 Å². The molecule has 0 unspecified atom stereocenters. The molecule has 1 fully saturated rings. The van der Waals surface area contributed by atoms with Gasteiger partial charge >= 0.3 is 12.0 Å². The fourth-order valence-electron chi connectivity index (χ4n) is 3.59. The lowest BCUT2D eigenvalue weighted by molar-refractivity contribution is -0.122. The summed E-state index contributed by atoms with van der Waals surface area (Å²) in [4.78, 5) is 49.9. The maximum atomic E-state index is 13.1. The van der Waals surface area contributed by atoms with E-state index in [-0.39, 0.29) is 23.4 Å². The van der Waals surface area contributed by atoms with Gasteiger partial charge in [-0.2, -0.15) is 0 Å². The fraction of sp³-hybridized carbons (Fsp3) is 0.111. The van der Waals surface area contributed by atoms with Crippen LogP contribution in [0.2, 0.25) is 0 Å². The zero-order chi connectivity index (χ0) is 26.5. The number of carbonyl (C=O) groups is 4. The van der Waals surface area contributed by atoms with E-state index < -0.39 is 23.8 Å². The molecule has 1 heterocycles. The number of aromatic carboxylic acids is 1. The predicted octanol–water partition coefficient (Wildman–Crippen LogP) is 3.65. The molecule has 10 nitrogen and oxygen atoms in total. The Balaban J connectivity index is 1.55. The maximum absolute atomic E-state index is 13.1. The second-order valence-electron chi connectivity index (χ2n) is 7.86. The van der Waals surface area contributed by atoms with E-state index in [1.54, 1.807) is 42.5 Å². The van der Waals surface area contributed by atoms with Crippen molar-refractivity contribution in [1.29, 1.82) is 0 Å². The highest BCUT2D eigenvalue weighted by Crippen LogP contribution is 2.31. The number of methoxy groups -OCH3 is 2. The molecule has 37 heavy (non-hydrogen) atoms. The van der Waals surface area contributed by atoms with E-state index in [4.69, 9.17) is 19.3 Å². The number of anilines is 1. The van der Waals surface area contributed by atoms with E-state index in [2.05, 4.69) is 5.32 Å². The summed E-state index contributed by atoms with van der Waals surface area (Å²) in [6.45, 7) is 0.163. The van der Waals surface area contributed by atoms with E-state index >= 15 is 0 Å². The lowest BCUT2D eigenvalue weighted by Gasteiger charge is -2.26. The first-order valence-corrected chi connectivity index (χ1v) is 11.0. The minimum absolute atomic E-state index is 0.163. The number of barbiturate groups is 1. The van der Waals surface area contributed by atoms with Gasteiger partial charge in [0.2, 0.25) is 0 Å². The van der Waals surface area contributed by atoms with Crippen LogP contribution in [0.1, 0.15) is 21.5 Å². The van der Waals surface area contributed by atoms with E-state index in [0.717, 1.165) is 10.5 Å². The number of nitrogens with zero attached hydrogens (tertiary/aromatic N) is 1. The van der Waals surface area contributed by atoms with Crippen LogP contribution in [0.3, 0.4) is 0 Å². The maximum Gasteiger partial charge on any atom is 0.335 e. The van der Waals surface area contributed by atoms with Crippen LogP contribution in [0.4, 0.5) is 10.5 Å². The number of hydrogen-bond acceptors (Lipinski definition) is 7. The molecule has 1 aliphatic heterocycles. The monoisotopic (exact) mass is 502 g/mol. The zero-order valence-electron chi connectivity index (χ0n) is 19.9. The molecule has 1 aliphatic rings. The minimum atomic E-state index is -1.01. The first-order chi connectivity index (χ1) is 17.8. The summed E-state index contributed by atoms with van der Waals surface area (Å²) < 4.78 is 16.3. The molecule has 3 aromatic rings. The Labute approximate surface area is 211 Å². The molecule has 0 radical (unpaired) electrons. The van der Waals surface area contributed by atoms with Crippen LogP contribution in [-0.4, -0.2) is 43.1 Å². The van der Waals surface area contributed by atoms with Crippen LogP contribution < -0.4 is 24.4 Å². The molecule has 10 heteroatoms. The standard InChI is InChI=1S/C27H22N2O8/c1-35-20-10-8-19(9-11-20)29-25(31)21(24(30)28-27(29)34)13-17-5-12-22(23(14-17)36-2)37-15-16-3-6-18(7-4-16)26(32)33/h3-14H,15H2,1-2H3,(H,32,33)(H,28,30,34)/b21-13-. The van der Waals surface area contributed by atoms with Gasteiger partial charge in [-0.15, -0.1) is 0 Å². The molecular formula is C27H22N2O8. The van der Waals surface area contributed by atoms with Crippen LogP contribution in [0.15, 0.2) is 72.3 Å². The Bertz CT molecular complexity index is 1390. The van der Waals surface area contributed by atoms with Crippen LogP contribution in [0.25, 0.3) is 6.08 Å². The number of carboxylic acid groups (broad SMARTS) is 1. The SMILES string of the molecule is COc1ccc(N2C(=O)NC(=O)/C(=C/c3ccc(OCc4ccc(C(=O)O)cc4)c(OC)c3)C2=O)cc1.